The average Bonchev–Trinajstić information content (AvgIpc) is 2.95. The van der Waals surface area contributed by atoms with E-state index in [1.807, 2.05) is 19.9 Å². The van der Waals surface area contributed by atoms with Gasteiger partial charge in [-0.05, 0) is 19.8 Å². The third-order valence-electron chi connectivity index (χ3n) is 3.68. The van der Waals surface area contributed by atoms with Crippen LogP contribution in [0.2, 0.25) is 0 Å². The summed E-state index contributed by atoms with van der Waals surface area (Å²) in [7, 11) is 0. The Balaban J connectivity index is 2.02. The van der Waals surface area contributed by atoms with Gasteiger partial charge in [-0.1, -0.05) is 6.92 Å². The quantitative estimate of drug-likeness (QED) is 0.849. The molecule has 3 rings (SSSR count). The monoisotopic (exact) mass is 247 g/mol. The van der Waals surface area contributed by atoms with Gasteiger partial charge >= 0.3 is 0 Å². The topological polar surface area (TPSA) is 66.5 Å². The van der Waals surface area contributed by atoms with Gasteiger partial charge in [-0.15, -0.1) is 0 Å². The SMILES string of the molecule is CCC1(O)CCN(c2cc(C)nc3ncnn23)C1. The number of rotatable bonds is 2. The van der Waals surface area contributed by atoms with E-state index in [1.54, 1.807) is 4.52 Å². The third-order valence-corrected chi connectivity index (χ3v) is 3.68. The van der Waals surface area contributed by atoms with Crippen molar-refractivity contribution in [3.05, 3.63) is 18.1 Å². The van der Waals surface area contributed by atoms with Gasteiger partial charge in [0.1, 0.15) is 12.1 Å². The van der Waals surface area contributed by atoms with Gasteiger partial charge in [0.15, 0.2) is 0 Å². The average molecular weight is 247 g/mol. The van der Waals surface area contributed by atoms with Gasteiger partial charge in [0.2, 0.25) is 0 Å². The molecule has 0 radical (unpaired) electrons. The number of aliphatic hydroxyl groups is 1. The van der Waals surface area contributed by atoms with E-state index in [0.29, 0.717) is 12.3 Å². The van der Waals surface area contributed by atoms with Crippen molar-refractivity contribution >= 4 is 11.6 Å². The number of anilines is 1. The third kappa shape index (κ3) is 1.73. The Labute approximate surface area is 105 Å². The zero-order chi connectivity index (χ0) is 12.8. The molecule has 0 saturated carbocycles. The summed E-state index contributed by atoms with van der Waals surface area (Å²) in [4.78, 5) is 10.6. The number of β-amino-alcohol motifs (C(OH)–C–C–N with tert-alkyl or cyclic N) is 1. The van der Waals surface area contributed by atoms with Gasteiger partial charge in [0.05, 0.1) is 5.60 Å². The molecule has 0 bridgehead atoms. The molecular weight excluding hydrogens is 230 g/mol. The lowest BCUT2D eigenvalue weighted by atomic mass is 10.0. The summed E-state index contributed by atoms with van der Waals surface area (Å²) >= 11 is 0. The van der Waals surface area contributed by atoms with Gasteiger partial charge in [-0.2, -0.15) is 14.6 Å². The van der Waals surface area contributed by atoms with Gasteiger partial charge in [0.25, 0.3) is 5.78 Å². The Morgan fingerprint density at radius 2 is 2.33 bits per heavy atom. The molecule has 0 amide bonds. The molecule has 1 fully saturated rings. The molecule has 1 N–H and O–H groups in total. The Hall–Kier alpha value is -1.69. The fourth-order valence-corrected chi connectivity index (χ4v) is 2.48. The minimum atomic E-state index is -0.579. The maximum absolute atomic E-state index is 10.3. The first kappa shape index (κ1) is 11.4. The van der Waals surface area contributed by atoms with Crippen LogP contribution in [-0.4, -0.2) is 43.4 Å². The minimum Gasteiger partial charge on any atom is -0.388 e. The van der Waals surface area contributed by atoms with Gasteiger partial charge in [0, 0.05) is 24.8 Å². The van der Waals surface area contributed by atoms with E-state index in [4.69, 9.17) is 0 Å². The minimum absolute atomic E-state index is 0.579. The molecular formula is C12H17N5O. The van der Waals surface area contributed by atoms with Crippen LogP contribution in [0.3, 0.4) is 0 Å². The van der Waals surface area contributed by atoms with Gasteiger partial charge in [-0.3, -0.25) is 0 Å². The van der Waals surface area contributed by atoms with Crippen LogP contribution < -0.4 is 4.90 Å². The van der Waals surface area contributed by atoms with Crippen molar-refractivity contribution in [1.29, 1.82) is 0 Å². The van der Waals surface area contributed by atoms with Crippen molar-refractivity contribution in [2.75, 3.05) is 18.0 Å². The van der Waals surface area contributed by atoms with Crippen LogP contribution in [0.25, 0.3) is 5.78 Å². The van der Waals surface area contributed by atoms with Crippen molar-refractivity contribution in [3.8, 4) is 0 Å². The maximum atomic E-state index is 10.3. The normalized spacial score (nSPS) is 24.1. The summed E-state index contributed by atoms with van der Waals surface area (Å²) in [5.41, 5.74) is 0.335. The second kappa shape index (κ2) is 3.91. The Bertz CT molecular complexity index is 581. The molecule has 2 aromatic rings. The van der Waals surface area contributed by atoms with E-state index >= 15 is 0 Å². The van der Waals surface area contributed by atoms with Crippen LogP contribution in [0.5, 0.6) is 0 Å². The molecule has 2 aromatic heterocycles. The summed E-state index contributed by atoms with van der Waals surface area (Å²) < 4.78 is 1.73. The first-order chi connectivity index (χ1) is 8.61. The summed E-state index contributed by atoms with van der Waals surface area (Å²) in [5, 5.41) is 14.5. The predicted octanol–water partition coefficient (Wildman–Crippen LogP) is 0.784. The van der Waals surface area contributed by atoms with Crippen molar-refractivity contribution in [1.82, 2.24) is 19.6 Å². The summed E-state index contributed by atoms with van der Waals surface area (Å²) in [6.45, 7) is 5.44. The second-order valence-corrected chi connectivity index (χ2v) is 4.98. The van der Waals surface area contributed by atoms with Crippen molar-refractivity contribution in [3.63, 3.8) is 0 Å². The molecule has 6 heteroatoms. The van der Waals surface area contributed by atoms with E-state index in [-0.39, 0.29) is 0 Å². The lowest BCUT2D eigenvalue weighted by Crippen LogP contribution is -2.33. The van der Waals surface area contributed by atoms with E-state index in [2.05, 4.69) is 20.0 Å². The summed E-state index contributed by atoms with van der Waals surface area (Å²) in [6.07, 6.45) is 3.07. The number of aromatic nitrogens is 4. The zero-order valence-corrected chi connectivity index (χ0v) is 10.7. The molecule has 18 heavy (non-hydrogen) atoms. The lowest BCUT2D eigenvalue weighted by Gasteiger charge is -2.23. The van der Waals surface area contributed by atoms with E-state index in [9.17, 15) is 5.11 Å². The van der Waals surface area contributed by atoms with Crippen LogP contribution in [0.1, 0.15) is 25.5 Å². The van der Waals surface area contributed by atoms with Crippen LogP contribution >= 0.6 is 0 Å². The van der Waals surface area contributed by atoms with E-state index in [1.165, 1.54) is 6.33 Å². The van der Waals surface area contributed by atoms with Crippen molar-refractivity contribution in [2.45, 2.75) is 32.3 Å². The molecule has 0 spiro atoms. The molecule has 1 atom stereocenters. The standard InChI is InChI=1S/C12H17N5O/c1-3-12(18)4-5-16(7-12)10-6-9(2)15-11-13-8-14-17(10)11/h6,8,18H,3-5,7H2,1-2H3. The number of fused-ring (bicyclic) bond motifs is 1. The Kier molecular flexibility index (Phi) is 2.48. The van der Waals surface area contributed by atoms with Crippen LogP contribution in [0.15, 0.2) is 12.4 Å². The number of hydrogen-bond donors (Lipinski definition) is 1. The fourth-order valence-electron chi connectivity index (χ4n) is 2.48. The summed E-state index contributed by atoms with van der Waals surface area (Å²) in [5.74, 6) is 1.57. The molecule has 3 heterocycles. The molecule has 1 aliphatic rings. The fraction of sp³-hybridized carbons (Fsp3) is 0.583. The van der Waals surface area contributed by atoms with Gasteiger partial charge < -0.3 is 10.0 Å². The number of nitrogens with zero attached hydrogens (tertiary/aromatic N) is 5. The molecule has 0 aromatic carbocycles. The van der Waals surface area contributed by atoms with Crippen molar-refractivity contribution < 1.29 is 5.11 Å². The highest BCUT2D eigenvalue weighted by atomic mass is 16.3. The highest BCUT2D eigenvalue weighted by Crippen LogP contribution is 2.28. The molecule has 1 aliphatic heterocycles. The molecule has 0 aliphatic carbocycles. The number of aryl methyl sites for hydroxylation is 1. The summed E-state index contributed by atoms with van der Waals surface area (Å²) in [6, 6.07) is 1.99. The van der Waals surface area contributed by atoms with E-state index in [0.717, 1.165) is 30.9 Å². The molecule has 96 valence electrons. The molecule has 1 saturated heterocycles. The Morgan fingerprint density at radius 1 is 1.50 bits per heavy atom. The first-order valence-corrected chi connectivity index (χ1v) is 6.26. The lowest BCUT2D eigenvalue weighted by molar-refractivity contribution is 0.0593. The van der Waals surface area contributed by atoms with Gasteiger partial charge in [-0.25, -0.2) is 4.98 Å². The van der Waals surface area contributed by atoms with E-state index < -0.39 is 5.60 Å². The highest BCUT2D eigenvalue weighted by Gasteiger charge is 2.35. The maximum Gasteiger partial charge on any atom is 0.254 e. The smallest absolute Gasteiger partial charge is 0.254 e. The van der Waals surface area contributed by atoms with Crippen LogP contribution in [0, 0.1) is 6.92 Å². The first-order valence-electron chi connectivity index (χ1n) is 6.26. The second-order valence-electron chi connectivity index (χ2n) is 4.98. The van der Waals surface area contributed by atoms with Crippen molar-refractivity contribution in [2.24, 2.45) is 0 Å². The zero-order valence-electron chi connectivity index (χ0n) is 10.7. The Morgan fingerprint density at radius 3 is 3.06 bits per heavy atom. The number of hydrogen-bond acceptors (Lipinski definition) is 5. The largest absolute Gasteiger partial charge is 0.388 e. The molecule has 6 nitrogen and oxygen atoms in total. The highest BCUT2D eigenvalue weighted by molar-refractivity contribution is 5.48. The van der Waals surface area contributed by atoms with Crippen LogP contribution in [-0.2, 0) is 0 Å². The molecule has 1 unspecified atom stereocenters. The predicted molar refractivity (Wildman–Crippen MR) is 67.6 cm³/mol. The van der Waals surface area contributed by atoms with Crippen LogP contribution in [0.4, 0.5) is 5.82 Å².